The molecule has 4 rings (SSSR count). The number of benzene rings is 2. The van der Waals surface area contributed by atoms with Gasteiger partial charge in [-0.3, -0.25) is 0 Å². The van der Waals surface area contributed by atoms with Gasteiger partial charge >= 0.3 is 6.18 Å². The van der Waals surface area contributed by atoms with Gasteiger partial charge in [0.25, 0.3) is 0 Å². The molecule has 2 heterocycles. The first-order valence-electron chi connectivity index (χ1n) is 8.23. The molecular weight excluding hydrogens is 371 g/mol. The van der Waals surface area contributed by atoms with Gasteiger partial charge in [-0.1, -0.05) is 6.07 Å². The number of anilines is 2. The van der Waals surface area contributed by atoms with E-state index in [0.29, 0.717) is 22.6 Å². The highest BCUT2D eigenvalue weighted by molar-refractivity contribution is 5.89. The first kappa shape index (κ1) is 17.8. The summed E-state index contributed by atoms with van der Waals surface area (Å²) in [7, 11) is 1.58. The van der Waals surface area contributed by atoms with E-state index in [9.17, 15) is 13.2 Å². The Bertz CT molecular complexity index is 1120. The van der Waals surface area contributed by atoms with E-state index in [4.69, 9.17) is 4.74 Å². The van der Waals surface area contributed by atoms with Crippen LogP contribution >= 0.6 is 0 Å². The third-order valence-corrected chi connectivity index (χ3v) is 4.14. The summed E-state index contributed by atoms with van der Waals surface area (Å²) in [5.41, 5.74) is 0.818. The maximum Gasteiger partial charge on any atom is 0.416 e. The molecule has 2 aromatic carbocycles. The van der Waals surface area contributed by atoms with Gasteiger partial charge in [-0.15, -0.1) is 0 Å². The van der Waals surface area contributed by atoms with Crippen molar-refractivity contribution in [3.8, 4) is 11.4 Å². The SMILES string of the molecule is COc1ccc(-n2ncc3c(Nc4cccc(C(F)(F)F)c4)ncnc32)cc1. The number of ether oxygens (including phenoxy) is 1. The van der Waals surface area contributed by atoms with Crippen LogP contribution in [0.1, 0.15) is 5.56 Å². The highest BCUT2D eigenvalue weighted by Crippen LogP contribution is 2.32. The summed E-state index contributed by atoms with van der Waals surface area (Å²) in [6, 6.07) is 12.2. The fraction of sp³-hybridized carbons (Fsp3) is 0.105. The van der Waals surface area contributed by atoms with E-state index in [1.54, 1.807) is 30.1 Å². The van der Waals surface area contributed by atoms with E-state index < -0.39 is 11.7 Å². The Morgan fingerprint density at radius 2 is 1.82 bits per heavy atom. The van der Waals surface area contributed by atoms with Gasteiger partial charge in [-0.2, -0.15) is 18.3 Å². The average Bonchev–Trinajstić information content (AvgIpc) is 3.13. The van der Waals surface area contributed by atoms with Crippen LogP contribution in [0.25, 0.3) is 16.7 Å². The minimum atomic E-state index is -4.42. The maximum atomic E-state index is 12.9. The Hall–Kier alpha value is -3.62. The Morgan fingerprint density at radius 1 is 1.04 bits per heavy atom. The van der Waals surface area contributed by atoms with Crippen molar-refractivity contribution in [1.82, 2.24) is 19.7 Å². The van der Waals surface area contributed by atoms with Gasteiger partial charge in [0.05, 0.1) is 29.9 Å². The van der Waals surface area contributed by atoms with E-state index in [0.717, 1.165) is 17.8 Å². The van der Waals surface area contributed by atoms with Crippen LogP contribution in [0.5, 0.6) is 5.75 Å². The number of methoxy groups -OCH3 is 1. The lowest BCUT2D eigenvalue weighted by Gasteiger charge is -2.10. The number of aromatic nitrogens is 4. The third kappa shape index (κ3) is 3.34. The molecule has 28 heavy (non-hydrogen) atoms. The lowest BCUT2D eigenvalue weighted by atomic mass is 10.2. The molecule has 0 aliphatic heterocycles. The maximum absolute atomic E-state index is 12.9. The minimum absolute atomic E-state index is 0.270. The summed E-state index contributed by atoms with van der Waals surface area (Å²) in [5.74, 6) is 1.07. The van der Waals surface area contributed by atoms with Crippen molar-refractivity contribution in [3.05, 3.63) is 66.6 Å². The van der Waals surface area contributed by atoms with E-state index in [1.165, 1.54) is 18.5 Å². The van der Waals surface area contributed by atoms with Gasteiger partial charge in [0.2, 0.25) is 0 Å². The zero-order valence-electron chi connectivity index (χ0n) is 14.6. The second-order valence-corrected chi connectivity index (χ2v) is 5.92. The van der Waals surface area contributed by atoms with Crippen molar-refractivity contribution in [2.24, 2.45) is 0 Å². The molecule has 0 amide bonds. The second kappa shape index (κ2) is 6.84. The zero-order chi connectivity index (χ0) is 19.7. The molecule has 0 radical (unpaired) electrons. The normalized spacial score (nSPS) is 11.6. The first-order chi connectivity index (χ1) is 13.5. The minimum Gasteiger partial charge on any atom is -0.497 e. The molecule has 9 heteroatoms. The lowest BCUT2D eigenvalue weighted by Crippen LogP contribution is -2.05. The number of halogens is 3. The summed E-state index contributed by atoms with van der Waals surface area (Å²) in [6.45, 7) is 0. The fourth-order valence-corrected chi connectivity index (χ4v) is 2.77. The molecule has 0 atom stereocenters. The first-order valence-corrected chi connectivity index (χ1v) is 8.23. The van der Waals surface area contributed by atoms with Crippen molar-refractivity contribution in [2.75, 3.05) is 12.4 Å². The molecule has 0 bridgehead atoms. The van der Waals surface area contributed by atoms with Gasteiger partial charge in [-0.25, -0.2) is 14.6 Å². The van der Waals surface area contributed by atoms with E-state index in [1.807, 2.05) is 12.1 Å². The number of alkyl halides is 3. The van der Waals surface area contributed by atoms with Crippen molar-refractivity contribution in [3.63, 3.8) is 0 Å². The molecule has 0 spiro atoms. The van der Waals surface area contributed by atoms with Crippen molar-refractivity contribution in [1.29, 1.82) is 0 Å². The molecule has 0 fully saturated rings. The largest absolute Gasteiger partial charge is 0.497 e. The molecule has 0 saturated carbocycles. The number of hydrogen-bond donors (Lipinski definition) is 1. The summed E-state index contributed by atoms with van der Waals surface area (Å²) in [5, 5.41) is 7.83. The van der Waals surface area contributed by atoms with E-state index >= 15 is 0 Å². The number of hydrogen-bond acceptors (Lipinski definition) is 5. The van der Waals surface area contributed by atoms with Gasteiger partial charge in [0.15, 0.2) is 5.65 Å². The van der Waals surface area contributed by atoms with Crippen LogP contribution in [0.4, 0.5) is 24.7 Å². The third-order valence-electron chi connectivity index (χ3n) is 4.14. The summed E-state index contributed by atoms with van der Waals surface area (Å²) < 4.78 is 45.6. The Balaban J connectivity index is 1.71. The molecule has 6 nitrogen and oxygen atoms in total. The summed E-state index contributed by atoms with van der Waals surface area (Å²) in [4.78, 5) is 8.41. The van der Waals surface area contributed by atoms with Crippen LogP contribution in [0, 0.1) is 0 Å². The number of rotatable bonds is 4. The highest BCUT2D eigenvalue weighted by Gasteiger charge is 2.30. The average molecular weight is 385 g/mol. The molecule has 4 aromatic rings. The summed E-state index contributed by atoms with van der Waals surface area (Å²) in [6.07, 6.45) is -1.52. The van der Waals surface area contributed by atoms with Crippen LogP contribution in [0.2, 0.25) is 0 Å². The molecule has 0 aliphatic rings. The molecular formula is C19H14F3N5O. The molecule has 1 N–H and O–H groups in total. The predicted molar refractivity (Wildman–Crippen MR) is 97.9 cm³/mol. The van der Waals surface area contributed by atoms with Crippen LogP contribution in [0.15, 0.2) is 61.1 Å². The number of nitrogens with one attached hydrogen (secondary N) is 1. The summed E-state index contributed by atoms with van der Waals surface area (Å²) >= 11 is 0. The molecule has 2 aromatic heterocycles. The smallest absolute Gasteiger partial charge is 0.416 e. The number of fused-ring (bicyclic) bond motifs is 1. The van der Waals surface area contributed by atoms with Gasteiger partial charge in [0, 0.05) is 5.69 Å². The Labute approximate surface area is 157 Å². The van der Waals surface area contributed by atoms with E-state index in [-0.39, 0.29) is 5.69 Å². The van der Waals surface area contributed by atoms with Crippen LogP contribution in [-0.2, 0) is 6.18 Å². The second-order valence-electron chi connectivity index (χ2n) is 5.92. The van der Waals surface area contributed by atoms with Crippen molar-refractivity contribution in [2.45, 2.75) is 6.18 Å². The van der Waals surface area contributed by atoms with Crippen molar-refractivity contribution < 1.29 is 17.9 Å². The van der Waals surface area contributed by atoms with Gasteiger partial charge in [0.1, 0.15) is 17.9 Å². The van der Waals surface area contributed by atoms with Crippen LogP contribution in [0.3, 0.4) is 0 Å². The monoisotopic (exact) mass is 385 g/mol. The number of nitrogens with zero attached hydrogens (tertiary/aromatic N) is 4. The quantitative estimate of drug-likeness (QED) is 0.557. The fourth-order valence-electron chi connectivity index (χ4n) is 2.77. The predicted octanol–water partition coefficient (Wildman–Crippen LogP) is 4.59. The topological polar surface area (TPSA) is 64.9 Å². The van der Waals surface area contributed by atoms with Crippen molar-refractivity contribution >= 4 is 22.5 Å². The lowest BCUT2D eigenvalue weighted by molar-refractivity contribution is -0.137. The van der Waals surface area contributed by atoms with Crippen LogP contribution in [-0.4, -0.2) is 26.9 Å². The molecule has 0 saturated heterocycles. The van der Waals surface area contributed by atoms with Gasteiger partial charge in [-0.05, 0) is 42.5 Å². The molecule has 142 valence electrons. The van der Waals surface area contributed by atoms with E-state index in [2.05, 4.69) is 20.4 Å². The Morgan fingerprint density at radius 3 is 2.54 bits per heavy atom. The Kier molecular flexibility index (Phi) is 4.34. The standard InChI is InChI=1S/C19H14F3N5O/c1-28-15-7-5-14(6-8-15)27-18-16(10-25-27)17(23-11-24-18)26-13-4-2-3-12(9-13)19(20,21)22/h2-11H,1H3,(H,23,24,26). The molecule has 0 unspecified atom stereocenters. The van der Waals surface area contributed by atoms with Crippen LogP contribution < -0.4 is 10.1 Å². The van der Waals surface area contributed by atoms with Gasteiger partial charge < -0.3 is 10.1 Å². The highest BCUT2D eigenvalue weighted by atomic mass is 19.4. The zero-order valence-corrected chi connectivity index (χ0v) is 14.6. The molecule has 0 aliphatic carbocycles.